The molecule has 2 aromatic carbocycles. The van der Waals surface area contributed by atoms with Gasteiger partial charge in [-0.25, -0.2) is 4.39 Å². The van der Waals surface area contributed by atoms with Gasteiger partial charge in [-0.15, -0.1) is 11.8 Å². The Morgan fingerprint density at radius 3 is 2.96 bits per heavy atom. The van der Waals surface area contributed by atoms with Crippen LogP contribution in [0.1, 0.15) is 24.9 Å². The second-order valence-electron chi connectivity index (χ2n) is 6.20. The monoisotopic (exact) mass is 360 g/mol. The summed E-state index contributed by atoms with van der Waals surface area (Å²) in [6.45, 7) is 2.03. The molecular formula is C18H17FN2OS2. The Bertz CT molecular complexity index is 828. The van der Waals surface area contributed by atoms with Crippen molar-refractivity contribution in [2.75, 3.05) is 11.2 Å². The SMILES string of the molecule is CSc1cccc(N2C(=S)N[C@H]3C[C@@]2(C)Oc2ccc(F)cc23)c1. The van der Waals surface area contributed by atoms with Crippen LogP contribution in [0, 0.1) is 5.82 Å². The number of rotatable bonds is 2. The van der Waals surface area contributed by atoms with Crippen LogP contribution < -0.4 is 15.0 Å². The Morgan fingerprint density at radius 2 is 2.17 bits per heavy atom. The van der Waals surface area contributed by atoms with Crippen LogP contribution in [0.15, 0.2) is 47.4 Å². The molecule has 2 atom stereocenters. The van der Waals surface area contributed by atoms with E-state index in [1.165, 1.54) is 17.0 Å². The summed E-state index contributed by atoms with van der Waals surface area (Å²) >= 11 is 7.30. The number of nitrogens with zero attached hydrogens (tertiary/aromatic N) is 1. The first-order valence-corrected chi connectivity index (χ1v) is 9.37. The number of nitrogens with one attached hydrogen (secondary N) is 1. The maximum atomic E-state index is 13.6. The third kappa shape index (κ3) is 2.45. The quantitative estimate of drug-likeness (QED) is 0.629. The summed E-state index contributed by atoms with van der Waals surface area (Å²) < 4.78 is 19.9. The molecule has 0 aliphatic carbocycles. The molecule has 0 unspecified atom stereocenters. The molecule has 0 radical (unpaired) electrons. The van der Waals surface area contributed by atoms with E-state index in [0.717, 1.165) is 11.3 Å². The molecule has 2 aromatic rings. The first-order valence-electron chi connectivity index (χ1n) is 7.73. The average molecular weight is 360 g/mol. The van der Waals surface area contributed by atoms with Gasteiger partial charge in [0.2, 0.25) is 0 Å². The summed E-state index contributed by atoms with van der Waals surface area (Å²) in [6.07, 6.45) is 2.73. The lowest BCUT2D eigenvalue weighted by molar-refractivity contribution is 0.0495. The molecule has 4 rings (SSSR count). The minimum absolute atomic E-state index is 0.0399. The predicted molar refractivity (Wildman–Crippen MR) is 99.2 cm³/mol. The van der Waals surface area contributed by atoms with Crippen molar-refractivity contribution in [2.45, 2.75) is 30.0 Å². The van der Waals surface area contributed by atoms with E-state index in [-0.39, 0.29) is 11.9 Å². The van der Waals surface area contributed by atoms with E-state index in [1.807, 2.05) is 30.2 Å². The van der Waals surface area contributed by atoms with Gasteiger partial charge < -0.3 is 10.1 Å². The molecule has 6 heteroatoms. The van der Waals surface area contributed by atoms with Crippen molar-refractivity contribution in [1.29, 1.82) is 0 Å². The van der Waals surface area contributed by atoms with Gasteiger partial charge in [0.05, 0.1) is 6.04 Å². The predicted octanol–water partition coefficient (Wildman–Crippen LogP) is 4.48. The summed E-state index contributed by atoms with van der Waals surface area (Å²) in [7, 11) is 0. The van der Waals surface area contributed by atoms with Crippen molar-refractivity contribution in [3.8, 4) is 5.75 Å². The van der Waals surface area contributed by atoms with Gasteiger partial charge in [-0.1, -0.05) is 6.07 Å². The molecule has 0 spiro atoms. The molecule has 2 heterocycles. The number of hydrogen-bond donors (Lipinski definition) is 1. The van der Waals surface area contributed by atoms with Crippen LogP contribution in [-0.2, 0) is 0 Å². The topological polar surface area (TPSA) is 24.5 Å². The Hall–Kier alpha value is -1.79. The van der Waals surface area contributed by atoms with E-state index in [1.54, 1.807) is 17.8 Å². The number of halogens is 1. The van der Waals surface area contributed by atoms with Crippen LogP contribution in [0.5, 0.6) is 5.75 Å². The van der Waals surface area contributed by atoms with Crippen LogP contribution >= 0.6 is 24.0 Å². The lowest BCUT2D eigenvalue weighted by Crippen LogP contribution is -2.65. The average Bonchev–Trinajstić information content (AvgIpc) is 2.55. The molecule has 0 saturated carbocycles. The summed E-state index contributed by atoms with van der Waals surface area (Å²) in [4.78, 5) is 3.18. The molecule has 2 aliphatic rings. The molecular weight excluding hydrogens is 343 g/mol. The normalized spacial score (nSPS) is 24.9. The maximum absolute atomic E-state index is 13.6. The van der Waals surface area contributed by atoms with Gasteiger partial charge in [0, 0.05) is 22.6 Å². The van der Waals surface area contributed by atoms with E-state index in [4.69, 9.17) is 17.0 Å². The van der Waals surface area contributed by atoms with Gasteiger partial charge in [0.1, 0.15) is 11.6 Å². The van der Waals surface area contributed by atoms with Gasteiger partial charge in [-0.2, -0.15) is 0 Å². The Labute approximate surface area is 150 Å². The number of benzene rings is 2. The largest absolute Gasteiger partial charge is 0.467 e. The molecule has 124 valence electrons. The second kappa shape index (κ2) is 5.63. The number of ether oxygens (including phenoxy) is 1. The summed E-state index contributed by atoms with van der Waals surface area (Å²) in [5, 5.41) is 3.95. The van der Waals surface area contributed by atoms with Crippen LogP contribution in [-0.4, -0.2) is 17.1 Å². The highest BCUT2D eigenvalue weighted by Crippen LogP contribution is 2.45. The highest BCUT2D eigenvalue weighted by atomic mass is 32.2. The Morgan fingerprint density at radius 1 is 1.33 bits per heavy atom. The molecule has 1 N–H and O–H groups in total. The molecule has 2 aliphatic heterocycles. The highest BCUT2D eigenvalue weighted by molar-refractivity contribution is 7.98. The van der Waals surface area contributed by atoms with Crippen molar-refractivity contribution in [1.82, 2.24) is 5.32 Å². The molecule has 1 fully saturated rings. The van der Waals surface area contributed by atoms with Crippen molar-refractivity contribution in [3.63, 3.8) is 0 Å². The first-order chi connectivity index (χ1) is 11.5. The van der Waals surface area contributed by atoms with Gasteiger partial charge >= 0.3 is 0 Å². The lowest BCUT2D eigenvalue weighted by atomic mass is 9.90. The van der Waals surface area contributed by atoms with Crippen LogP contribution in [0.4, 0.5) is 10.1 Å². The Kier molecular flexibility index (Phi) is 3.69. The van der Waals surface area contributed by atoms with E-state index in [2.05, 4.69) is 17.4 Å². The number of fused-ring (bicyclic) bond motifs is 4. The fourth-order valence-corrected chi connectivity index (χ4v) is 4.38. The molecule has 3 nitrogen and oxygen atoms in total. The maximum Gasteiger partial charge on any atom is 0.188 e. The van der Waals surface area contributed by atoms with Crippen molar-refractivity contribution < 1.29 is 9.13 Å². The third-order valence-corrected chi connectivity index (χ3v) is 5.57. The van der Waals surface area contributed by atoms with Crippen LogP contribution in [0.2, 0.25) is 0 Å². The second-order valence-corrected chi connectivity index (χ2v) is 7.47. The van der Waals surface area contributed by atoms with E-state index < -0.39 is 5.72 Å². The highest BCUT2D eigenvalue weighted by Gasteiger charge is 2.48. The number of thioether (sulfide) groups is 1. The minimum atomic E-state index is -0.602. The summed E-state index contributed by atoms with van der Waals surface area (Å²) in [5.41, 5.74) is 1.22. The number of thiocarbonyl (C=S) groups is 1. The zero-order valence-corrected chi connectivity index (χ0v) is 15.0. The van der Waals surface area contributed by atoms with Crippen molar-refractivity contribution >= 4 is 34.8 Å². The molecule has 1 saturated heterocycles. The Balaban J connectivity index is 1.79. The number of anilines is 1. The minimum Gasteiger partial charge on any atom is -0.467 e. The van der Waals surface area contributed by atoms with E-state index in [9.17, 15) is 4.39 Å². The zero-order chi connectivity index (χ0) is 16.9. The standard InChI is InChI=1S/C18H17FN2OS2/c1-18-10-15(14-8-11(19)6-7-16(14)22-18)20-17(23)21(18)12-4-3-5-13(9-12)24-2/h3-9,15H,10H2,1-2H3,(H,20,23)/t15-,18+/m0/s1. The fraction of sp³-hybridized carbons (Fsp3) is 0.278. The van der Waals surface area contributed by atoms with Gasteiger partial charge in [0.25, 0.3) is 0 Å². The summed E-state index contributed by atoms with van der Waals surface area (Å²) in [5.74, 6) is 0.444. The van der Waals surface area contributed by atoms with Crippen LogP contribution in [0.25, 0.3) is 0 Å². The van der Waals surface area contributed by atoms with Gasteiger partial charge in [-0.3, -0.25) is 4.90 Å². The van der Waals surface area contributed by atoms with Crippen molar-refractivity contribution in [2.24, 2.45) is 0 Å². The summed E-state index contributed by atoms with van der Waals surface area (Å²) in [6, 6.07) is 12.8. The van der Waals surface area contributed by atoms with Crippen molar-refractivity contribution in [3.05, 3.63) is 53.8 Å². The molecule has 0 aromatic heterocycles. The lowest BCUT2D eigenvalue weighted by Gasteiger charge is -2.52. The van der Waals surface area contributed by atoms with E-state index in [0.29, 0.717) is 17.3 Å². The van der Waals surface area contributed by atoms with E-state index >= 15 is 0 Å². The molecule has 24 heavy (non-hydrogen) atoms. The first kappa shape index (κ1) is 15.7. The van der Waals surface area contributed by atoms with Crippen LogP contribution in [0.3, 0.4) is 0 Å². The zero-order valence-electron chi connectivity index (χ0n) is 13.4. The van der Waals surface area contributed by atoms with Gasteiger partial charge in [0.15, 0.2) is 10.8 Å². The number of hydrogen-bond acceptors (Lipinski definition) is 3. The smallest absolute Gasteiger partial charge is 0.188 e. The third-order valence-electron chi connectivity index (χ3n) is 4.55. The fourth-order valence-electron chi connectivity index (χ4n) is 3.49. The molecule has 0 amide bonds. The van der Waals surface area contributed by atoms with Gasteiger partial charge in [-0.05, 0) is 61.8 Å². The molecule has 2 bridgehead atoms.